The number of fused-ring (bicyclic) bond motifs is 2. The Morgan fingerprint density at radius 1 is 1.03 bits per heavy atom. The lowest BCUT2D eigenvalue weighted by molar-refractivity contribution is -0.134. The van der Waals surface area contributed by atoms with Crippen LogP contribution in [0.4, 0.5) is 5.69 Å². The van der Waals surface area contributed by atoms with Gasteiger partial charge in [-0.3, -0.25) is 14.4 Å². The van der Waals surface area contributed by atoms with Crippen LogP contribution < -0.4 is 15.4 Å². The van der Waals surface area contributed by atoms with Gasteiger partial charge >= 0.3 is 0 Å². The number of rotatable bonds is 6. The van der Waals surface area contributed by atoms with Gasteiger partial charge in [0.25, 0.3) is 5.91 Å². The highest BCUT2D eigenvalue weighted by Gasteiger charge is 2.39. The average molecular weight is 528 g/mol. The molecule has 1 aromatic rings. The first-order chi connectivity index (χ1) is 18.5. The van der Waals surface area contributed by atoms with E-state index in [-0.39, 0.29) is 41.9 Å². The van der Waals surface area contributed by atoms with Crippen LogP contribution in [0.5, 0.6) is 5.75 Å². The zero-order valence-electron chi connectivity index (χ0n) is 22.4. The van der Waals surface area contributed by atoms with Crippen molar-refractivity contribution >= 4 is 23.4 Å². The van der Waals surface area contributed by atoms with E-state index in [9.17, 15) is 14.4 Å². The van der Waals surface area contributed by atoms with Crippen LogP contribution in [0.3, 0.4) is 0 Å². The van der Waals surface area contributed by atoms with Crippen LogP contribution in [0.2, 0.25) is 0 Å². The molecule has 0 radical (unpaired) electrons. The predicted molar refractivity (Wildman–Crippen MR) is 142 cm³/mol. The maximum Gasteiger partial charge on any atom is 0.257 e. The van der Waals surface area contributed by atoms with Crippen molar-refractivity contribution in [1.82, 2.24) is 10.2 Å². The summed E-state index contributed by atoms with van der Waals surface area (Å²) in [5, 5.41) is 6.07. The molecule has 0 spiro atoms. The van der Waals surface area contributed by atoms with Crippen LogP contribution in [-0.2, 0) is 19.1 Å². The highest BCUT2D eigenvalue weighted by molar-refractivity contribution is 6.00. The molecule has 3 atom stereocenters. The van der Waals surface area contributed by atoms with Crippen molar-refractivity contribution < 1.29 is 28.6 Å². The van der Waals surface area contributed by atoms with E-state index in [1.165, 1.54) is 32.1 Å². The fourth-order valence-corrected chi connectivity index (χ4v) is 6.24. The number of carbonyl (C=O) groups is 3. The minimum absolute atomic E-state index is 0.0379. The molecule has 38 heavy (non-hydrogen) atoms. The lowest BCUT2D eigenvalue weighted by atomic mass is 9.89. The monoisotopic (exact) mass is 527 g/mol. The number of anilines is 1. The number of amides is 3. The summed E-state index contributed by atoms with van der Waals surface area (Å²) in [6.07, 6.45) is 8.93. The maximum atomic E-state index is 13.5. The van der Waals surface area contributed by atoms with Crippen molar-refractivity contribution in [2.24, 2.45) is 11.8 Å². The zero-order chi connectivity index (χ0) is 26.5. The highest BCUT2D eigenvalue weighted by atomic mass is 16.5. The number of likely N-dealkylation sites (N-methyl/N-ethyl adjacent to an activating group) is 1. The third kappa shape index (κ3) is 6.49. The number of hydrogen-bond acceptors (Lipinski definition) is 6. The standard InChI is InChI=1S/C29H41N3O6/c1-32-24-9-8-22(16-27(33)30-17-19-5-3-2-4-6-19)38-26(24)18-37-25-10-7-21(15-23(25)29(32)35)31-28(34)20-11-13-36-14-12-20/h7,10,15,19-20,22,24,26H,2-6,8-9,11-14,16-18H2,1H3,(H,30,33)(H,31,34)/t22-,24-,26+/m1/s1. The van der Waals surface area contributed by atoms with E-state index in [4.69, 9.17) is 14.2 Å². The minimum Gasteiger partial charge on any atom is -0.490 e. The molecule has 1 aromatic carbocycles. The molecule has 208 valence electrons. The number of nitrogens with zero attached hydrogens (tertiary/aromatic N) is 1. The predicted octanol–water partition coefficient (Wildman–Crippen LogP) is 3.52. The van der Waals surface area contributed by atoms with Crippen molar-refractivity contribution in [3.63, 3.8) is 0 Å². The largest absolute Gasteiger partial charge is 0.490 e. The van der Waals surface area contributed by atoms with Gasteiger partial charge in [-0.05, 0) is 62.6 Å². The molecule has 2 N–H and O–H groups in total. The highest BCUT2D eigenvalue weighted by Crippen LogP contribution is 2.33. The van der Waals surface area contributed by atoms with Gasteiger partial charge in [-0.25, -0.2) is 0 Å². The van der Waals surface area contributed by atoms with Crippen LogP contribution >= 0.6 is 0 Å². The van der Waals surface area contributed by atoms with Gasteiger partial charge in [0.2, 0.25) is 11.8 Å². The lowest BCUT2D eigenvalue weighted by Gasteiger charge is -2.42. The Kier molecular flexibility index (Phi) is 8.84. The molecule has 3 aliphatic heterocycles. The molecule has 1 saturated carbocycles. The second kappa shape index (κ2) is 12.5. The van der Waals surface area contributed by atoms with Crippen molar-refractivity contribution in [3.05, 3.63) is 23.8 Å². The first kappa shape index (κ1) is 26.9. The van der Waals surface area contributed by atoms with Crippen LogP contribution in [0.15, 0.2) is 18.2 Å². The smallest absolute Gasteiger partial charge is 0.257 e. The molecular weight excluding hydrogens is 486 g/mol. The number of hydrogen-bond donors (Lipinski definition) is 2. The summed E-state index contributed by atoms with van der Waals surface area (Å²) < 4.78 is 17.7. The quantitative estimate of drug-likeness (QED) is 0.587. The molecule has 9 nitrogen and oxygen atoms in total. The zero-order valence-corrected chi connectivity index (χ0v) is 22.4. The van der Waals surface area contributed by atoms with Gasteiger partial charge in [0.05, 0.1) is 24.1 Å². The van der Waals surface area contributed by atoms with Gasteiger partial charge in [0.15, 0.2) is 0 Å². The normalized spacial score (nSPS) is 26.8. The number of ether oxygens (including phenoxy) is 3. The summed E-state index contributed by atoms with van der Waals surface area (Å²) in [7, 11) is 1.79. The molecule has 1 aliphatic carbocycles. The Bertz CT molecular complexity index is 1000. The first-order valence-electron chi connectivity index (χ1n) is 14.3. The van der Waals surface area contributed by atoms with Gasteiger partial charge < -0.3 is 29.7 Å². The van der Waals surface area contributed by atoms with E-state index >= 15 is 0 Å². The third-order valence-corrected chi connectivity index (χ3v) is 8.60. The maximum absolute atomic E-state index is 13.5. The number of carbonyl (C=O) groups excluding carboxylic acids is 3. The van der Waals surface area contributed by atoms with Crippen molar-refractivity contribution in [3.8, 4) is 5.75 Å². The van der Waals surface area contributed by atoms with Crippen LogP contribution in [0, 0.1) is 11.8 Å². The third-order valence-electron chi connectivity index (χ3n) is 8.60. The molecule has 3 heterocycles. The topological polar surface area (TPSA) is 106 Å². The van der Waals surface area contributed by atoms with Gasteiger partial charge in [0, 0.05) is 38.4 Å². The second-order valence-electron chi connectivity index (χ2n) is 11.3. The van der Waals surface area contributed by atoms with Crippen molar-refractivity contribution in [1.29, 1.82) is 0 Å². The molecular formula is C29H41N3O6. The van der Waals surface area contributed by atoms with E-state index in [0.29, 0.717) is 68.4 Å². The van der Waals surface area contributed by atoms with Crippen LogP contribution in [0.1, 0.15) is 74.6 Å². The van der Waals surface area contributed by atoms with Crippen LogP contribution in [0.25, 0.3) is 0 Å². The summed E-state index contributed by atoms with van der Waals surface area (Å²) in [5.41, 5.74) is 1.02. The molecule has 0 unspecified atom stereocenters. The Hall–Kier alpha value is -2.65. The Morgan fingerprint density at radius 2 is 1.82 bits per heavy atom. The summed E-state index contributed by atoms with van der Waals surface area (Å²) in [6.45, 7) is 2.24. The fourth-order valence-electron chi connectivity index (χ4n) is 6.24. The second-order valence-corrected chi connectivity index (χ2v) is 11.3. The van der Waals surface area contributed by atoms with E-state index in [0.717, 1.165) is 13.0 Å². The van der Waals surface area contributed by atoms with E-state index < -0.39 is 0 Å². The molecule has 0 bridgehead atoms. The molecule has 4 aliphatic rings. The lowest BCUT2D eigenvalue weighted by Crippen LogP contribution is -2.54. The molecule has 3 fully saturated rings. The summed E-state index contributed by atoms with van der Waals surface area (Å²) >= 11 is 0. The molecule has 9 heteroatoms. The number of benzene rings is 1. The molecule has 5 rings (SSSR count). The molecule has 0 aromatic heterocycles. The first-order valence-corrected chi connectivity index (χ1v) is 14.3. The number of nitrogens with one attached hydrogen (secondary N) is 2. The Balaban J connectivity index is 1.18. The van der Waals surface area contributed by atoms with E-state index in [1.807, 2.05) is 0 Å². The Labute approximate surface area is 224 Å². The van der Waals surface area contributed by atoms with E-state index in [2.05, 4.69) is 10.6 Å². The van der Waals surface area contributed by atoms with Gasteiger partial charge in [-0.15, -0.1) is 0 Å². The van der Waals surface area contributed by atoms with Crippen molar-refractivity contribution in [2.75, 3.05) is 38.7 Å². The Morgan fingerprint density at radius 3 is 2.61 bits per heavy atom. The minimum atomic E-state index is -0.310. The van der Waals surface area contributed by atoms with Crippen LogP contribution in [-0.4, -0.2) is 74.3 Å². The van der Waals surface area contributed by atoms with Crippen molar-refractivity contribution in [2.45, 2.75) is 82.5 Å². The average Bonchev–Trinajstić information content (AvgIpc) is 2.95. The summed E-state index contributed by atoms with van der Waals surface area (Å²) in [6, 6.07) is 5.07. The molecule has 3 amide bonds. The van der Waals surface area contributed by atoms with Gasteiger partial charge in [-0.2, -0.15) is 0 Å². The van der Waals surface area contributed by atoms with Gasteiger partial charge in [-0.1, -0.05) is 19.3 Å². The summed E-state index contributed by atoms with van der Waals surface area (Å²) in [5.74, 6) is 0.817. The summed E-state index contributed by atoms with van der Waals surface area (Å²) in [4.78, 5) is 40.5. The van der Waals surface area contributed by atoms with Gasteiger partial charge in [0.1, 0.15) is 18.5 Å². The van der Waals surface area contributed by atoms with E-state index in [1.54, 1.807) is 30.1 Å². The molecule has 2 saturated heterocycles. The fraction of sp³-hybridized carbons (Fsp3) is 0.690. The SMILES string of the molecule is CN1C(=O)c2cc(NC(=O)C3CCOCC3)ccc2OC[C@@H]2O[C@@H](CC(=O)NCC3CCCCC3)CC[C@H]21.